The van der Waals surface area contributed by atoms with Gasteiger partial charge in [0.25, 0.3) is 5.69 Å². The molecule has 0 aliphatic carbocycles. The summed E-state index contributed by atoms with van der Waals surface area (Å²) in [5, 5.41) is 14.3. The lowest BCUT2D eigenvalue weighted by molar-refractivity contribution is -0.384. The third kappa shape index (κ3) is 2.96. The van der Waals surface area contributed by atoms with Gasteiger partial charge in [-0.1, -0.05) is 0 Å². The fourth-order valence-electron chi connectivity index (χ4n) is 2.56. The molecule has 1 aliphatic heterocycles. The Bertz CT molecular complexity index is 468. The van der Waals surface area contributed by atoms with Crippen LogP contribution < -0.4 is 15.0 Å². The topological polar surface area (TPSA) is 67.6 Å². The van der Waals surface area contributed by atoms with Crippen LogP contribution in [0.15, 0.2) is 18.2 Å². The number of nitrogens with one attached hydrogen (secondary N) is 1. The van der Waals surface area contributed by atoms with Crippen LogP contribution in [0.25, 0.3) is 0 Å². The molecule has 1 heterocycles. The van der Waals surface area contributed by atoms with Gasteiger partial charge >= 0.3 is 0 Å². The molecule has 1 N–H and O–H groups in total. The number of piperazine rings is 1. The number of methoxy groups -OCH3 is 1. The van der Waals surface area contributed by atoms with Crippen molar-refractivity contribution in [3.8, 4) is 5.75 Å². The highest BCUT2D eigenvalue weighted by molar-refractivity contribution is 5.63. The Balaban J connectivity index is 2.35. The summed E-state index contributed by atoms with van der Waals surface area (Å²) in [6.45, 7) is 5.82. The SMILES string of the molecule is COc1ccc([N+](=O)[O-])cc1N1CC(C)NC(C)C1. The first kappa shape index (κ1) is 13.6. The molecule has 0 spiro atoms. The highest BCUT2D eigenvalue weighted by Gasteiger charge is 2.24. The number of hydrogen-bond donors (Lipinski definition) is 1. The molecule has 2 unspecified atom stereocenters. The summed E-state index contributed by atoms with van der Waals surface area (Å²) in [6, 6.07) is 5.40. The fourth-order valence-corrected chi connectivity index (χ4v) is 2.56. The van der Waals surface area contributed by atoms with Gasteiger partial charge in [0.1, 0.15) is 5.75 Å². The van der Waals surface area contributed by atoms with Crippen LogP contribution in [0.4, 0.5) is 11.4 Å². The van der Waals surface area contributed by atoms with E-state index in [1.807, 2.05) is 0 Å². The Labute approximate surface area is 112 Å². The van der Waals surface area contributed by atoms with E-state index in [-0.39, 0.29) is 10.6 Å². The van der Waals surface area contributed by atoms with Gasteiger partial charge in [-0.25, -0.2) is 0 Å². The van der Waals surface area contributed by atoms with Crippen molar-refractivity contribution in [3.63, 3.8) is 0 Å². The first-order chi connectivity index (χ1) is 9.01. The quantitative estimate of drug-likeness (QED) is 0.666. The Kier molecular flexibility index (Phi) is 3.90. The van der Waals surface area contributed by atoms with Crippen LogP contribution in [-0.2, 0) is 0 Å². The summed E-state index contributed by atoms with van der Waals surface area (Å²) >= 11 is 0. The molecule has 6 nitrogen and oxygen atoms in total. The highest BCUT2D eigenvalue weighted by atomic mass is 16.6. The van der Waals surface area contributed by atoms with E-state index in [2.05, 4.69) is 24.1 Å². The summed E-state index contributed by atoms with van der Waals surface area (Å²) in [6.07, 6.45) is 0. The molecule has 2 rings (SSSR count). The first-order valence-corrected chi connectivity index (χ1v) is 6.34. The number of nitro benzene ring substituents is 1. The summed E-state index contributed by atoms with van der Waals surface area (Å²) in [5.41, 5.74) is 0.881. The van der Waals surface area contributed by atoms with E-state index in [1.54, 1.807) is 19.2 Å². The molecule has 0 radical (unpaired) electrons. The predicted octanol–water partition coefficient (Wildman–Crippen LogP) is 1.79. The smallest absolute Gasteiger partial charge is 0.271 e. The van der Waals surface area contributed by atoms with E-state index in [0.29, 0.717) is 17.8 Å². The number of nitro groups is 1. The Morgan fingerprint density at radius 1 is 1.37 bits per heavy atom. The minimum atomic E-state index is -0.377. The van der Waals surface area contributed by atoms with Gasteiger partial charge in [-0.2, -0.15) is 0 Å². The molecule has 0 aromatic heterocycles. The van der Waals surface area contributed by atoms with Gasteiger partial charge in [0.05, 0.1) is 17.7 Å². The second-order valence-electron chi connectivity index (χ2n) is 4.99. The maximum absolute atomic E-state index is 10.9. The van der Waals surface area contributed by atoms with Crippen molar-refractivity contribution < 1.29 is 9.66 Å². The average Bonchev–Trinajstić information content (AvgIpc) is 2.36. The molecule has 19 heavy (non-hydrogen) atoms. The van der Waals surface area contributed by atoms with Gasteiger partial charge in [0.15, 0.2) is 0 Å². The summed E-state index contributed by atoms with van der Waals surface area (Å²) < 4.78 is 5.32. The molecule has 1 aromatic rings. The maximum Gasteiger partial charge on any atom is 0.271 e. The molecule has 6 heteroatoms. The predicted molar refractivity (Wildman–Crippen MR) is 73.9 cm³/mol. The van der Waals surface area contributed by atoms with E-state index in [1.165, 1.54) is 6.07 Å². The van der Waals surface area contributed by atoms with Crippen molar-refractivity contribution in [1.82, 2.24) is 5.32 Å². The first-order valence-electron chi connectivity index (χ1n) is 6.34. The Morgan fingerprint density at radius 2 is 2.00 bits per heavy atom. The second kappa shape index (κ2) is 5.44. The van der Waals surface area contributed by atoms with Crippen LogP contribution in [0.3, 0.4) is 0 Å². The molecule has 1 aromatic carbocycles. The molecular weight excluding hydrogens is 246 g/mol. The van der Waals surface area contributed by atoms with Gasteiger partial charge in [-0.3, -0.25) is 10.1 Å². The van der Waals surface area contributed by atoms with Crippen LogP contribution in [0.5, 0.6) is 5.75 Å². The third-order valence-electron chi connectivity index (χ3n) is 3.27. The zero-order chi connectivity index (χ0) is 14.0. The molecule has 0 saturated carbocycles. The lowest BCUT2D eigenvalue weighted by atomic mass is 10.1. The minimum Gasteiger partial charge on any atom is -0.495 e. The fraction of sp³-hybridized carbons (Fsp3) is 0.538. The number of ether oxygens (including phenoxy) is 1. The molecule has 2 atom stereocenters. The van der Waals surface area contributed by atoms with Crippen molar-refractivity contribution in [3.05, 3.63) is 28.3 Å². The lowest BCUT2D eigenvalue weighted by Gasteiger charge is -2.38. The number of nitrogens with zero attached hydrogens (tertiary/aromatic N) is 2. The van der Waals surface area contributed by atoms with Crippen molar-refractivity contribution in [1.29, 1.82) is 0 Å². The molecule has 1 aliphatic rings. The van der Waals surface area contributed by atoms with Crippen molar-refractivity contribution in [2.45, 2.75) is 25.9 Å². The van der Waals surface area contributed by atoms with Crippen LogP contribution in [0.1, 0.15) is 13.8 Å². The third-order valence-corrected chi connectivity index (χ3v) is 3.27. The van der Waals surface area contributed by atoms with E-state index in [0.717, 1.165) is 18.8 Å². The Hall–Kier alpha value is -1.82. The van der Waals surface area contributed by atoms with Crippen molar-refractivity contribution in [2.24, 2.45) is 0 Å². The van der Waals surface area contributed by atoms with Gasteiger partial charge < -0.3 is 15.0 Å². The van der Waals surface area contributed by atoms with E-state index in [9.17, 15) is 10.1 Å². The molecule has 104 valence electrons. The van der Waals surface area contributed by atoms with Crippen molar-refractivity contribution in [2.75, 3.05) is 25.1 Å². The van der Waals surface area contributed by atoms with Crippen molar-refractivity contribution >= 4 is 11.4 Å². The minimum absolute atomic E-state index is 0.0923. The van der Waals surface area contributed by atoms with Gasteiger partial charge in [0.2, 0.25) is 0 Å². The van der Waals surface area contributed by atoms with E-state index in [4.69, 9.17) is 4.74 Å². The maximum atomic E-state index is 10.9. The Morgan fingerprint density at radius 3 is 2.53 bits per heavy atom. The lowest BCUT2D eigenvalue weighted by Crippen LogP contribution is -2.54. The van der Waals surface area contributed by atoms with Gasteiger partial charge in [-0.15, -0.1) is 0 Å². The van der Waals surface area contributed by atoms with Crippen LogP contribution in [-0.4, -0.2) is 37.2 Å². The monoisotopic (exact) mass is 265 g/mol. The zero-order valence-electron chi connectivity index (χ0n) is 11.4. The largest absolute Gasteiger partial charge is 0.495 e. The van der Waals surface area contributed by atoms with E-state index < -0.39 is 0 Å². The highest BCUT2D eigenvalue weighted by Crippen LogP contribution is 2.33. The average molecular weight is 265 g/mol. The number of non-ortho nitro benzene ring substituents is 1. The van der Waals surface area contributed by atoms with Crippen LogP contribution in [0, 0.1) is 10.1 Å². The van der Waals surface area contributed by atoms with E-state index >= 15 is 0 Å². The molecular formula is C13H19N3O3. The van der Waals surface area contributed by atoms with Crippen LogP contribution >= 0.6 is 0 Å². The summed E-state index contributed by atoms with van der Waals surface area (Å²) in [5.74, 6) is 0.673. The second-order valence-corrected chi connectivity index (χ2v) is 4.99. The van der Waals surface area contributed by atoms with Crippen LogP contribution in [0.2, 0.25) is 0 Å². The van der Waals surface area contributed by atoms with Gasteiger partial charge in [0, 0.05) is 37.3 Å². The zero-order valence-corrected chi connectivity index (χ0v) is 11.4. The standard InChI is InChI=1S/C13H19N3O3/c1-9-7-15(8-10(2)14-9)12-6-11(16(17)18)4-5-13(12)19-3/h4-6,9-10,14H,7-8H2,1-3H3. The van der Waals surface area contributed by atoms with Gasteiger partial charge in [-0.05, 0) is 19.9 Å². The number of rotatable bonds is 3. The summed E-state index contributed by atoms with van der Waals surface area (Å²) in [7, 11) is 1.58. The number of benzene rings is 1. The summed E-state index contributed by atoms with van der Waals surface area (Å²) in [4.78, 5) is 12.7. The number of hydrogen-bond acceptors (Lipinski definition) is 5. The molecule has 0 bridgehead atoms. The number of anilines is 1. The molecule has 1 fully saturated rings. The normalized spacial score (nSPS) is 23.2. The molecule has 0 amide bonds. The molecule has 1 saturated heterocycles.